The minimum atomic E-state index is 0.326. The van der Waals surface area contributed by atoms with Gasteiger partial charge in [0.25, 0.3) is 0 Å². The zero-order valence-corrected chi connectivity index (χ0v) is 5.97. The summed E-state index contributed by atoms with van der Waals surface area (Å²) in [5.74, 6) is 0.326. The molecule has 2 rings (SSSR count). The van der Waals surface area contributed by atoms with E-state index in [1.165, 1.54) is 0 Å². The van der Waals surface area contributed by atoms with E-state index in [1.54, 1.807) is 18.5 Å². The fraction of sp³-hybridized carbons (Fsp3) is 0. The Bertz CT molecular complexity index is 452. The van der Waals surface area contributed by atoms with Gasteiger partial charge in [-0.3, -0.25) is 10.1 Å². The van der Waals surface area contributed by atoms with Crippen LogP contribution in [0.1, 0.15) is 0 Å². The highest BCUT2D eigenvalue weighted by Crippen LogP contribution is 2.19. The van der Waals surface area contributed by atoms with Crippen LogP contribution in [0, 0.1) is 0 Å². The third-order valence-corrected chi connectivity index (χ3v) is 1.48. The molecular weight excluding hydrogens is 156 g/mol. The van der Waals surface area contributed by atoms with Crippen molar-refractivity contribution in [3.63, 3.8) is 0 Å². The Morgan fingerprint density at radius 2 is 2.50 bits per heavy atom. The van der Waals surface area contributed by atoms with Gasteiger partial charge >= 0.3 is 0 Å². The molecule has 0 bridgehead atoms. The molecule has 0 radical (unpaired) electrons. The Kier molecular flexibility index (Phi) is 1.39. The number of aromatic amines is 1. The normalized spacial score (nSPS) is 9.67. The lowest BCUT2D eigenvalue weighted by atomic mass is 10.3. The predicted molar refractivity (Wildman–Crippen MR) is 42.7 cm³/mol. The highest BCUT2D eigenvalue weighted by Gasteiger charge is 1.99. The fourth-order valence-electron chi connectivity index (χ4n) is 0.972. The lowest BCUT2D eigenvalue weighted by Crippen LogP contribution is -1.74. The first-order chi connectivity index (χ1) is 5.92. The molecule has 0 saturated heterocycles. The van der Waals surface area contributed by atoms with Gasteiger partial charge in [0.05, 0.1) is 11.7 Å². The van der Waals surface area contributed by atoms with Gasteiger partial charge in [-0.2, -0.15) is 5.10 Å². The number of rotatable bonds is 1. The summed E-state index contributed by atoms with van der Waals surface area (Å²) < 4.78 is 0. The van der Waals surface area contributed by atoms with Gasteiger partial charge in [-0.1, -0.05) is 0 Å². The molecule has 0 aliphatic carbocycles. The smallest absolute Gasteiger partial charge is 0.152 e. The van der Waals surface area contributed by atoms with E-state index in [-0.39, 0.29) is 0 Å². The molecule has 0 fully saturated rings. The van der Waals surface area contributed by atoms with Crippen molar-refractivity contribution >= 4 is 16.7 Å². The Morgan fingerprint density at radius 1 is 1.58 bits per heavy atom. The maximum absolute atomic E-state index is 8.20. The Balaban J connectivity index is 2.81. The first-order valence-corrected chi connectivity index (χ1v) is 3.25. The van der Waals surface area contributed by atoms with Crippen LogP contribution in [0.4, 0.5) is 5.82 Å². The van der Waals surface area contributed by atoms with Crippen LogP contribution in [0.25, 0.3) is 21.3 Å². The summed E-state index contributed by atoms with van der Waals surface area (Å²) >= 11 is 0. The van der Waals surface area contributed by atoms with E-state index in [4.69, 9.17) is 5.53 Å². The topological polar surface area (TPSA) is 90.3 Å². The molecule has 6 nitrogen and oxygen atoms in total. The number of hydrogen-bond acceptors (Lipinski definition) is 3. The third-order valence-electron chi connectivity index (χ3n) is 1.48. The zero-order chi connectivity index (χ0) is 8.39. The van der Waals surface area contributed by atoms with Crippen molar-refractivity contribution in [2.45, 2.75) is 0 Å². The van der Waals surface area contributed by atoms with Gasteiger partial charge in [-0.05, 0) is 16.7 Å². The second kappa shape index (κ2) is 2.52. The minimum Gasteiger partial charge on any atom is -0.276 e. The molecule has 6 heteroatoms. The third kappa shape index (κ3) is 0.869. The summed E-state index contributed by atoms with van der Waals surface area (Å²) in [6.45, 7) is 0. The largest absolute Gasteiger partial charge is 0.276 e. The molecule has 12 heavy (non-hydrogen) atoms. The van der Waals surface area contributed by atoms with Gasteiger partial charge in [0.15, 0.2) is 5.82 Å². The fourth-order valence-corrected chi connectivity index (χ4v) is 0.972. The lowest BCUT2D eigenvalue weighted by Gasteiger charge is -1.90. The van der Waals surface area contributed by atoms with Crippen LogP contribution < -0.4 is 0 Å². The molecule has 2 aromatic rings. The Morgan fingerprint density at radius 3 is 3.33 bits per heavy atom. The number of aromatic nitrogens is 3. The molecule has 58 valence electrons. The zero-order valence-electron chi connectivity index (χ0n) is 5.97. The average molecular weight is 160 g/mol. The molecule has 2 aromatic heterocycles. The summed E-state index contributed by atoms with van der Waals surface area (Å²) in [7, 11) is 0. The van der Waals surface area contributed by atoms with Crippen molar-refractivity contribution in [2.24, 2.45) is 5.11 Å². The van der Waals surface area contributed by atoms with Crippen molar-refractivity contribution in [1.82, 2.24) is 15.2 Å². The van der Waals surface area contributed by atoms with E-state index in [1.807, 2.05) is 0 Å². The van der Waals surface area contributed by atoms with Crippen LogP contribution in [0.3, 0.4) is 0 Å². The maximum atomic E-state index is 8.20. The molecular formula is C6H4N6. The monoisotopic (exact) mass is 160 g/mol. The van der Waals surface area contributed by atoms with Crippen molar-refractivity contribution in [2.75, 3.05) is 0 Å². The van der Waals surface area contributed by atoms with E-state index in [0.29, 0.717) is 11.3 Å². The number of H-pyrrole nitrogens is 1. The molecule has 0 amide bonds. The van der Waals surface area contributed by atoms with Crippen molar-refractivity contribution in [3.8, 4) is 0 Å². The predicted octanol–water partition coefficient (Wildman–Crippen LogP) is 1.90. The number of azide groups is 1. The first-order valence-electron chi connectivity index (χ1n) is 3.25. The average Bonchev–Trinajstić information content (AvgIpc) is 2.53. The summed E-state index contributed by atoms with van der Waals surface area (Å²) in [6.07, 6.45) is 3.22. The van der Waals surface area contributed by atoms with E-state index >= 15 is 0 Å². The van der Waals surface area contributed by atoms with Gasteiger partial charge in [0.1, 0.15) is 0 Å². The molecule has 1 N–H and O–H groups in total. The van der Waals surface area contributed by atoms with Crippen molar-refractivity contribution in [1.29, 1.82) is 0 Å². The number of nitrogens with one attached hydrogen (secondary N) is 1. The van der Waals surface area contributed by atoms with Crippen LogP contribution >= 0.6 is 0 Å². The first kappa shape index (κ1) is 6.63. The van der Waals surface area contributed by atoms with Crippen molar-refractivity contribution < 1.29 is 0 Å². The van der Waals surface area contributed by atoms with Crippen LogP contribution in [0.15, 0.2) is 23.6 Å². The quantitative estimate of drug-likeness (QED) is 0.392. The van der Waals surface area contributed by atoms with Gasteiger partial charge < -0.3 is 0 Å². The van der Waals surface area contributed by atoms with E-state index < -0.39 is 0 Å². The summed E-state index contributed by atoms with van der Waals surface area (Å²) in [6, 6.07) is 1.79. The van der Waals surface area contributed by atoms with Gasteiger partial charge in [0, 0.05) is 16.5 Å². The minimum absolute atomic E-state index is 0.326. The summed E-state index contributed by atoms with van der Waals surface area (Å²) in [5, 5.41) is 10.8. The molecule has 0 atom stereocenters. The second-order valence-corrected chi connectivity index (χ2v) is 2.16. The van der Waals surface area contributed by atoms with Crippen LogP contribution in [0.5, 0.6) is 0 Å². The van der Waals surface area contributed by atoms with Crippen molar-refractivity contribution in [3.05, 3.63) is 28.9 Å². The lowest BCUT2D eigenvalue weighted by molar-refractivity contribution is 1.11. The Labute approximate surface area is 66.9 Å². The van der Waals surface area contributed by atoms with Crippen LogP contribution in [-0.2, 0) is 0 Å². The SMILES string of the molecule is [N-]=[N+]=Nc1nccc2cn[nH]c12. The summed E-state index contributed by atoms with van der Waals surface area (Å²) in [5.41, 5.74) is 8.86. The highest BCUT2D eigenvalue weighted by atomic mass is 15.2. The number of nitrogens with zero attached hydrogens (tertiary/aromatic N) is 5. The maximum Gasteiger partial charge on any atom is 0.152 e. The number of hydrogen-bond donors (Lipinski definition) is 1. The molecule has 0 aliphatic heterocycles. The molecule has 0 saturated carbocycles. The molecule has 2 heterocycles. The number of pyridine rings is 1. The van der Waals surface area contributed by atoms with Gasteiger partial charge in [-0.15, -0.1) is 0 Å². The van der Waals surface area contributed by atoms with Gasteiger partial charge in [-0.25, -0.2) is 0 Å². The second-order valence-electron chi connectivity index (χ2n) is 2.16. The molecule has 0 spiro atoms. The molecule has 0 unspecified atom stereocenters. The molecule has 0 aromatic carbocycles. The van der Waals surface area contributed by atoms with E-state index in [9.17, 15) is 0 Å². The number of fused-ring (bicyclic) bond motifs is 1. The Hall–Kier alpha value is -2.07. The van der Waals surface area contributed by atoms with E-state index in [2.05, 4.69) is 25.2 Å². The van der Waals surface area contributed by atoms with Gasteiger partial charge in [0.2, 0.25) is 0 Å². The van der Waals surface area contributed by atoms with E-state index in [0.717, 1.165) is 5.39 Å². The van der Waals surface area contributed by atoms with Crippen LogP contribution in [0.2, 0.25) is 0 Å². The highest BCUT2D eigenvalue weighted by molar-refractivity contribution is 5.85. The standard InChI is InChI=1S/C6H4N6/c7-12-11-6-5-4(1-2-8-6)3-9-10-5/h1-3H,(H,9,10). The molecule has 0 aliphatic rings. The summed E-state index contributed by atoms with van der Waals surface area (Å²) in [4.78, 5) is 6.53. The van der Waals surface area contributed by atoms with Crippen LogP contribution in [-0.4, -0.2) is 15.2 Å².